The molecule has 0 bridgehead atoms. The van der Waals surface area contributed by atoms with E-state index in [0.29, 0.717) is 25.3 Å². The fourth-order valence-electron chi connectivity index (χ4n) is 3.84. The molecule has 2 aliphatic rings. The molecule has 1 atom stereocenters. The zero-order valence-electron chi connectivity index (χ0n) is 16.2. The molecule has 27 heavy (non-hydrogen) atoms. The third kappa shape index (κ3) is 4.16. The maximum absolute atomic E-state index is 12.8. The monoisotopic (exact) mass is 392 g/mol. The number of urea groups is 1. The van der Waals surface area contributed by atoms with Gasteiger partial charge < -0.3 is 15.5 Å². The first-order valence-electron chi connectivity index (χ1n) is 9.43. The largest absolute Gasteiger partial charge is 0.353 e. The molecule has 8 heteroatoms. The van der Waals surface area contributed by atoms with Crippen LogP contribution in [0.1, 0.15) is 43.5 Å². The van der Waals surface area contributed by atoms with Crippen LogP contribution in [0.4, 0.5) is 4.79 Å². The molecule has 1 aliphatic heterocycles. The van der Waals surface area contributed by atoms with Gasteiger partial charge in [-0.25, -0.2) is 4.79 Å². The van der Waals surface area contributed by atoms with E-state index in [-0.39, 0.29) is 24.4 Å². The van der Waals surface area contributed by atoms with E-state index in [1.165, 1.54) is 0 Å². The molecule has 1 saturated carbocycles. The molecule has 2 heterocycles. The second-order valence-electron chi connectivity index (χ2n) is 7.88. The lowest BCUT2D eigenvalue weighted by atomic mass is 9.77. The van der Waals surface area contributed by atoms with Gasteiger partial charge in [-0.3, -0.25) is 14.5 Å². The second-order valence-corrected chi connectivity index (χ2v) is 8.86. The average Bonchev–Trinajstić information content (AvgIpc) is 3.21. The van der Waals surface area contributed by atoms with Crippen LogP contribution in [0.5, 0.6) is 0 Å². The Morgan fingerprint density at radius 3 is 2.70 bits per heavy atom. The fraction of sp³-hybridized carbons (Fsp3) is 0.632. The lowest BCUT2D eigenvalue weighted by Crippen LogP contribution is -2.50. The molecule has 2 fully saturated rings. The maximum Gasteiger partial charge on any atom is 0.325 e. The highest BCUT2D eigenvalue weighted by molar-refractivity contribution is 7.10. The highest BCUT2D eigenvalue weighted by Gasteiger charge is 2.52. The van der Waals surface area contributed by atoms with Gasteiger partial charge in [-0.1, -0.05) is 13.0 Å². The number of nitrogens with one attached hydrogen (secondary N) is 2. The number of carbonyl (C=O) groups is 3. The summed E-state index contributed by atoms with van der Waals surface area (Å²) in [7, 11) is 3.92. The van der Waals surface area contributed by atoms with Gasteiger partial charge in [0.15, 0.2) is 0 Å². The Bertz CT molecular complexity index is 696. The molecule has 0 radical (unpaired) electrons. The standard InChI is InChI=1S/C19H28N4O3S/c1-13-6-8-19(9-7-13)17(25)23(18(26)21-19)12-16(24)20-11-14(22(2)3)15-5-4-10-27-15/h4-5,10,13-14H,6-9,11-12H2,1-3H3,(H,20,24)(H,21,26). The maximum atomic E-state index is 12.8. The van der Waals surface area contributed by atoms with E-state index in [1.54, 1.807) is 11.3 Å². The molecule has 1 saturated heterocycles. The van der Waals surface area contributed by atoms with Crippen molar-refractivity contribution in [2.24, 2.45) is 5.92 Å². The Morgan fingerprint density at radius 1 is 1.41 bits per heavy atom. The van der Waals surface area contributed by atoms with Crippen LogP contribution in [-0.4, -0.2) is 60.4 Å². The van der Waals surface area contributed by atoms with Crippen molar-refractivity contribution in [3.8, 4) is 0 Å². The summed E-state index contributed by atoms with van der Waals surface area (Å²) in [6.45, 7) is 2.36. The van der Waals surface area contributed by atoms with Crippen molar-refractivity contribution in [2.75, 3.05) is 27.2 Å². The highest BCUT2D eigenvalue weighted by Crippen LogP contribution is 2.36. The number of nitrogens with zero attached hydrogens (tertiary/aromatic N) is 2. The summed E-state index contributed by atoms with van der Waals surface area (Å²) >= 11 is 1.64. The predicted octanol–water partition coefficient (Wildman–Crippen LogP) is 1.97. The molecule has 4 amide bonds. The fourth-order valence-corrected chi connectivity index (χ4v) is 4.76. The van der Waals surface area contributed by atoms with Gasteiger partial charge in [-0.15, -0.1) is 11.3 Å². The van der Waals surface area contributed by atoms with Crippen LogP contribution >= 0.6 is 11.3 Å². The number of likely N-dealkylation sites (N-methyl/N-ethyl adjacent to an activating group) is 1. The first-order valence-corrected chi connectivity index (χ1v) is 10.3. The number of imide groups is 1. The molecule has 1 unspecified atom stereocenters. The molecule has 7 nitrogen and oxygen atoms in total. The summed E-state index contributed by atoms with van der Waals surface area (Å²) in [4.78, 5) is 41.8. The first-order chi connectivity index (χ1) is 12.8. The summed E-state index contributed by atoms with van der Waals surface area (Å²) in [6.07, 6.45) is 3.13. The van der Waals surface area contributed by atoms with Gasteiger partial charge in [0.25, 0.3) is 5.91 Å². The molecule has 1 aromatic rings. The average molecular weight is 393 g/mol. The van der Waals surface area contributed by atoms with Gasteiger partial charge in [-0.05, 0) is 57.1 Å². The van der Waals surface area contributed by atoms with E-state index in [2.05, 4.69) is 17.6 Å². The summed E-state index contributed by atoms with van der Waals surface area (Å²) < 4.78 is 0. The van der Waals surface area contributed by atoms with Crippen molar-refractivity contribution in [2.45, 2.75) is 44.2 Å². The molecule has 148 valence electrons. The van der Waals surface area contributed by atoms with Gasteiger partial charge in [0.2, 0.25) is 5.91 Å². The molecular formula is C19H28N4O3S. The minimum absolute atomic E-state index is 0.0585. The van der Waals surface area contributed by atoms with Crippen LogP contribution in [0.2, 0.25) is 0 Å². The normalized spacial score (nSPS) is 26.5. The smallest absolute Gasteiger partial charge is 0.325 e. The summed E-state index contributed by atoms with van der Waals surface area (Å²) in [6, 6.07) is 3.62. The summed E-state index contributed by atoms with van der Waals surface area (Å²) in [5.74, 6) is -0.00186. The highest BCUT2D eigenvalue weighted by atomic mass is 32.1. The molecule has 1 aliphatic carbocycles. The molecular weight excluding hydrogens is 364 g/mol. The summed E-state index contributed by atoms with van der Waals surface area (Å²) in [5.41, 5.74) is -0.799. The Labute approximate surface area is 164 Å². The number of thiophene rings is 1. The Morgan fingerprint density at radius 2 is 2.11 bits per heavy atom. The van der Waals surface area contributed by atoms with Crippen molar-refractivity contribution < 1.29 is 14.4 Å². The Kier molecular flexibility index (Phi) is 5.86. The van der Waals surface area contributed by atoms with Gasteiger partial charge in [-0.2, -0.15) is 0 Å². The van der Waals surface area contributed by atoms with Gasteiger partial charge in [0, 0.05) is 11.4 Å². The van der Waals surface area contributed by atoms with E-state index in [1.807, 2.05) is 36.5 Å². The van der Waals surface area contributed by atoms with E-state index in [4.69, 9.17) is 0 Å². The third-order valence-electron chi connectivity index (χ3n) is 5.66. The van der Waals surface area contributed by atoms with Crippen molar-refractivity contribution in [1.82, 2.24) is 20.4 Å². The van der Waals surface area contributed by atoms with Crippen LogP contribution < -0.4 is 10.6 Å². The lowest BCUT2D eigenvalue weighted by molar-refractivity contribution is -0.136. The summed E-state index contributed by atoms with van der Waals surface area (Å²) in [5, 5.41) is 7.73. The van der Waals surface area contributed by atoms with Gasteiger partial charge in [0.05, 0.1) is 6.04 Å². The zero-order chi connectivity index (χ0) is 19.6. The van der Waals surface area contributed by atoms with Crippen LogP contribution in [0.25, 0.3) is 0 Å². The van der Waals surface area contributed by atoms with Crippen LogP contribution in [0, 0.1) is 5.92 Å². The Hall–Kier alpha value is -1.93. The SMILES string of the molecule is CC1CCC2(CC1)NC(=O)N(CC(=O)NCC(c1cccs1)N(C)C)C2=O. The minimum Gasteiger partial charge on any atom is -0.353 e. The van der Waals surface area contributed by atoms with Crippen molar-refractivity contribution >= 4 is 29.2 Å². The number of hydrogen-bond acceptors (Lipinski definition) is 5. The second kappa shape index (κ2) is 7.98. The molecule has 2 N–H and O–H groups in total. The van der Waals surface area contributed by atoms with Crippen LogP contribution in [0.15, 0.2) is 17.5 Å². The minimum atomic E-state index is -0.799. The number of rotatable bonds is 6. The third-order valence-corrected chi connectivity index (χ3v) is 6.64. The van der Waals surface area contributed by atoms with Crippen molar-refractivity contribution in [3.05, 3.63) is 22.4 Å². The quantitative estimate of drug-likeness (QED) is 0.725. The van der Waals surface area contributed by atoms with Crippen molar-refractivity contribution in [3.63, 3.8) is 0 Å². The number of hydrogen-bond donors (Lipinski definition) is 2. The predicted molar refractivity (Wildman–Crippen MR) is 104 cm³/mol. The molecule has 3 rings (SSSR count). The van der Waals surface area contributed by atoms with E-state index in [0.717, 1.165) is 22.6 Å². The van der Waals surface area contributed by atoms with E-state index in [9.17, 15) is 14.4 Å². The molecule has 0 aromatic carbocycles. The molecule has 1 spiro atoms. The van der Waals surface area contributed by atoms with E-state index < -0.39 is 11.6 Å². The van der Waals surface area contributed by atoms with Crippen LogP contribution in [-0.2, 0) is 9.59 Å². The number of amides is 4. The van der Waals surface area contributed by atoms with E-state index >= 15 is 0 Å². The lowest BCUT2D eigenvalue weighted by Gasteiger charge is -2.33. The first kappa shape index (κ1) is 19.8. The van der Waals surface area contributed by atoms with Crippen molar-refractivity contribution in [1.29, 1.82) is 0 Å². The van der Waals surface area contributed by atoms with Crippen LogP contribution in [0.3, 0.4) is 0 Å². The zero-order valence-corrected chi connectivity index (χ0v) is 17.0. The molecule has 1 aromatic heterocycles. The Balaban J connectivity index is 1.57. The number of carbonyl (C=O) groups excluding carboxylic acids is 3. The van der Waals surface area contributed by atoms with Gasteiger partial charge in [0.1, 0.15) is 12.1 Å². The topological polar surface area (TPSA) is 81.8 Å². The van der Waals surface area contributed by atoms with Gasteiger partial charge >= 0.3 is 6.03 Å².